The van der Waals surface area contributed by atoms with E-state index in [1.165, 1.54) is 0 Å². The molecule has 2 heteroatoms. The van der Waals surface area contributed by atoms with Crippen LogP contribution in [0.2, 0.25) is 0 Å². The van der Waals surface area contributed by atoms with Crippen LogP contribution in [0.1, 0.15) is 35.2 Å². The van der Waals surface area contributed by atoms with Crippen LogP contribution in [0.3, 0.4) is 0 Å². The van der Waals surface area contributed by atoms with E-state index in [1.54, 1.807) is 0 Å². The van der Waals surface area contributed by atoms with Gasteiger partial charge >= 0.3 is 0 Å². The van der Waals surface area contributed by atoms with Gasteiger partial charge in [0.1, 0.15) is 0 Å². The molecule has 0 heterocycles. The van der Waals surface area contributed by atoms with Crippen molar-refractivity contribution in [2.45, 2.75) is 19.3 Å². The third-order valence-corrected chi connectivity index (χ3v) is 3.58. The molecule has 0 fully saturated rings. The maximum absolute atomic E-state index is 12.9. The van der Waals surface area contributed by atoms with E-state index in [1.807, 2.05) is 73.6 Å². The Labute approximate surface area is 121 Å². The highest BCUT2D eigenvalue weighted by molar-refractivity contribution is 6.05. The average Bonchev–Trinajstić information content (AvgIpc) is 2.49. The number of rotatable bonds is 5. The van der Waals surface area contributed by atoms with Crippen molar-refractivity contribution in [1.82, 2.24) is 0 Å². The van der Waals surface area contributed by atoms with Gasteiger partial charge in [-0.25, -0.2) is 0 Å². The van der Waals surface area contributed by atoms with E-state index in [2.05, 4.69) is 6.92 Å². The lowest BCUT2D eigenvalue weighted by Crippen LogP contribution is -2.18. The van der Waals surface area contributed by atoms with Crippen LogP contribution in [0.5, 0.6) is 0 Å². The summed E-state index contributed by atoms with van der Waals surface area (Å²) in [6.07, 6.45) is 0.810. The summed E-state index contributed by atoms with van der Waals surface area (Å²) in [4.78, 5) is 14.9. The van der Waals surface area contributed by atoms with Crippen molar-refractivity contribution in [3.63, 3.8) is 0 Å². The summed E-state index contributed by atoms with van der Waals surface area (Å²) in [5, 5.41) is 0. The van der Waals surface area contributed by atoms with Crippen molar-refractivity contribution < 1.29 is 4.79 Å². The number of benzene rings is 2. The van der Waals surface area contributed by atoms with Gasteiger partial charge in [0.25, 0.3) is 0 Å². The summed E-state index contributed by atoms with van der Waals surface area (Å²) in [6.45, 7) is 2.06. The molecule has 0 N–H and O–H groups in total. The minimum atomic E-state index is -0.0719. The molecule has 0 aliphatic rings. The van der Waals surface area contributed by atoms with Crippen molar-refractivity contribution in [2.75, 3.05) is 19.0 Å². The van der Waals surface area contributed by atoms with E-state index in [0.29, 0.717) is 0 Å². The van der Waals surface area contributed by atoms with Crippen molar-refractivity contribution in [3.8, 4) is 0 Å². The Morgan fingerprint density at radius 1 is 1.00 bits per heavy atom. The molecule has 1 atom stereocenters. The zero-order valence-corrected chi connectivity index (χ0v) is 12.3. The predicted octanol–water partition coefficient (Wildman–Crippen LogP) is 4.13. The van der Waals surface area contributed by atoms with E-state index in [4.69, 9.17) is 0 Å². The quantitative estimate of drug-likeness (QED) is 0.759. The fraction of sp³-hybridized carbons (Fsp3) is 0.278. The molecule has 0 bridgehead atoms. The number of carbonyl (C=O) groups excluding carboxylic acids is 1. The van der Waals surface area contributed by atoms with Crippen LogP contribution in [0.15, 0.2) is 54.6 Å². The first-order chi connectivity index (χ1) is 9.65. The summed E-state index contributed by atoms with van der Waals surface area (Å²) < 4.78 is 0. The molecular weight excluding hydrogens is 246 g/mol. The molecule has 2 aromatic carbocycles. The molecule has 0 saturated carbocycles. The van der Waals surface area contributed by atoms with Crippen molar-refractivity contribution in [3.05, 3.63) is 65.7 Å². The molecule has 0 spiro atoms. The minimum Gasteiger partial charge on any atom is -0.377 e. The van der Waals surface area contributed by atoms with Crippen LogP contribution in [-0.2, 0) is 0 Å². The highest BCUT2D eigenvalue weighted by Crippen LogP contribution is 2.28. The van der Waals surface area contributed by atoms with Gasteiger partial charge in [-0.1, -0.05) is 49.4 Å². The van der Waals surface area contributed by atoms with Crippen molar-refractivity contribution >= 4 is 11.5 Å². The van der Waals surface area contributed by atoms with Gasteiger partial charge in [-0.2, -0.15) is 0 Å². The molecule has 2 nitrogen and oxygen atoms in total. The summed E-state index contributed by atoms with van der Waals surface area (Å²) in [5.41, 5.74) is 2.87. The lowest BCUT2D eigenvalue weighted by molar-refractivity contribution is 0.0958. The first-order valence-corrected chi connectivity index (χ1v) is 7.00. The molecule has 0 aromatic heterocycles. The molecule has 0 saturated heterocycles. The van der Waals surface area contributed by atoms with Gasteiger partial charge in [-0.05, 0) is 24.1 Å². The Bertz CT molecular complexity index is 575. The number of anilines is 1. The lowest BCUT2D eigenvalue weighted by atomic mass is 9.88. The van der Waals surface area contributed by atoms with Gasteiger partial charge in [-0.15, -0.1) is 0 Å². The Hall–Kier alpha value is -2.09. The molecule has 0 aliphatic heterocycles. The van der Waals surface area contributed by atoms with Gasteiger partial charge in [0.2, 0.25) is 0 Å². The van der Waals surface area contributed by atoms with E-state index in [9.17, 15) is 4.79 Å². The molecule has 20 heavy (non-hydrogen) atoms. The van der Waals surface area contributed by atoms with Gasteiger partial charge in [0.05, 0.1) is 0 Å². The Kier molecular flexibility index (Phi) is 4.57. The zero-order valence-electron chi connectivity index (χ0n) is 12.3. The second kappa shape index (κ2) is 6.38. The highest BCUT2D eigenvalue weighted by Gasteiger charge is 2.22. The van der Waals surface area contributed by atoms with Crippen molar-refractivity contribution in [2.24, 2.45) is 0 Å². The highest BCUT2D eigenvalue weighted by atomic mass is 16.1. The number of hydrogen-bond acceptors (Lipinski definition) is 2. The number of nitrogens with zero attached hydrogens (tertiary/aromatic N) is 1. The standard InChI is InChI=1S/C18H21NO/c1-4-15(14-10-6-5-7-11-14)18(20)16-12-8-9-13-17(16)19(2)3/h5-13,15H,4H2,1-3H3. The van der Waals surface area contributed by atoms with Crippen LogP contribution in [0, 0.1) is 0 Å². The van der Waals surface area contributed by atoms with Gasteiger partial charge in [0.15, 0.2) is 5.78 Å². The predicted molar refractivity (Wildman–Crippen MR) is 84.6 cm³/mol. The van der Waals surface area contributed by atoms with E-state index < -0.39 is 0 Å². The Morgan fingerprint density at radius 3 is 2.20 bits per heavy atom. The Morgan fingerprint density at radius 2 is 1.60 bits per heavy atom. The topological polar surface area (TPSA) is 20.3 Å². The monoisotopic (exact) mass is 267 g/mol. The lowest BCUT2D eigenvalue weighted by Gasteiger charge is -2.20. The maximum atomic E-state index is 12.9. The van der Waals surface area contributed by atoms with Gasteiger partial charge < -0.3 is 4.90 Å². The first-order valence-electron chi connectivity index (χ1n) is 7.00. The molecule has 1 unspecified atom stereocenters. The van der Waals surface area contributed by atoms with Gasteiger partial charge in [0, 0.05) is 31.3 Å². The molecule has 0 aliphatic carbocycles. The smallest absolute Gasteiger partial charge is 0.172 e. The maximum Gasteiger partial charge on any atom is 0.172 e. The molecule has 0 radical (unpaired) electrons. The fourth-order valence-electron chi connectivity index (χ4n) is 2.52. The molecule has 0 amide bonds. The normalized spacial score (nSPS) is 11.9. The van der Waals surface area contributed by atoms with Crippen molar-refractivity contribution in [1.29, 1.82) is 0 Å². The number of ketones is 1. The number of para-hydroxylation sites is 1. The Balaban J connectivity index is 2.40. The largest absolute Gasteiger partial charge is 0.377 e. The third-order valence-electron chi connectivity index (χ3n) is 3.58. The summed E-state index contributed by atoms with van der Waals surface area (Å²) in [7, 11) is 3.94. The van der Waals surface area contributed by atoms with E-state index in [-0.39, 0.29) is 11.7 Å². The van der Waals surface area contributed by atoms with Crippen LogP contribution >= 0.6 is 0 Å². The second-order valence-corrected chi connectivity index (χ2v) is 5.15. The van der Waals surface area contributed by atoms with Crippen LogP contribution in [0.25, 0.3) is 0 Å². The molecule has 2 rings (SSSR count). The van der Waals surface area contributed by atoms with E-state index in [0.717, 1.165) is 23.2 Å². The van der Waals surface area contributed by atoms with E-state index >= 15 is 0 Å². The van der Waals surface area contributed by atoms with Crippen LogP contribution < -0.4 is 4.90 Å². The molecule has 2 aromatic rings. The third kappa shape index (κ3) is 2.90. The minimum absolute atomic E-state index is 0.0719. The van der Waals surface area contributed by atoms with Crippen LogP contribution in [0.4, 0.5) is 5.69 Å². The molecular formula is C18H21NO. The second-order valence-electron chi connectivity index (χ2n) is 5.15. The first kappa shape index (κ1) is 14.3. The number of Topliss-reactive ketones (excluding diaryl/α,β-unsaturated/α-hetero) is 1. The number of hydrogen-bond donors (Lipinski definition) is 0. The molecule has 104 valence electrons. The summed E-state index contributed by atoms with van der Waals surface area (Å²) in [6, 6.07) is 17.8. The summed E-state index contributed by atoms with van der Waals surface area (Å²) in [5.74, 6) is 0.125. The summed E-state index contributed by atoms with van der Waals surface area (Å²) >= 11 is 0. The average molecular weight is 267 g/mol. The fourth-order valence-corrected chi connectivity index (χ4v) is 2.52. The van der Waals surface area contributed by atoms with Gasteiger partial charge in [-0.3, -0.25) is 4.79 Å². The van der Waals surface area contributed by atoms with Crippen LogP contribution in [-0.4, -0.2) is 19.9 Å². The zero-order chi connectivity index (χ0) is 14.5. The number of carbonyl (C=O) groups is 1. The SMILES string of the molecule is CCC(C(=O)c1ccccc1N(C)C)c1ccccc1.